The first-order valence-electron chi connectivity index (χ1n) is 10.0. The van der Waals surface area contributed by atoms with Crippen molar-refractivity contribution in [1.82, 2.24) is 10.2 Å². The van der Waals surface area contributed by atoms with E-state index in [1.165, 1.54) is 12.1 Å². The fourth-order valence-electron chi connectivity index (χ4n) is 4.10. The molecule has 0 radical (unpaired) electrons. The second-order valence-corrected chi connectivity index (χ2v) is 10.00. The number of ether oxygens (including phenoxy) is 1. The second-order valence-electron chi connectivity index (χ2n) is 8.44. The molecular weight excluding hydrogens is 378 g/mol. The van der Waals surface area contributed by atoms with Gasteiger partial charge in [-0.3, -0.25) is 9.69 Å². The topological polar surface area (TPSA) is 102 Å². The third kappa shape index (κ3) is 4.67. The molecular formula is C20H31N3O4S. The minimum absolute atomic E-state index is 0.0526. The van der Waals surface area contributed by atoms with E-state index < -0.39 is 15.6 Å². The van der Waals surface area contributed by atoms with E-state index in [4.69, 9.17) is 9.88 Å². The number of rotatable bonds is 7. The van der Waals surface area contributed by atoms with Crippen molar-refractivity contribution >= 4 is 15.9 Å². The van der Waals surface area contributed by atoms with Crippen LogP contribution in [0.15, 0.2) is 17.0 Å². The number of primary sulfonamides is 1. The van der Waals surface area contributed by atoms with Gasteiger partial charge >= 0.3 is 0 Å². The summed E-state index contributed by atoms with van der Waals surface area (Å²) >= 11 is 0. The average Bonchev–Trinajstić information content (AvgIpc) is 3.17. The second kappa shape index (κ2) is 8.00. The Balaban J connectivity index is 1.79. The van der Waals surface area contributed by atoms with E-state index in [-0.39, 0.29) is 16.4 Å². The van der Waals surface area contributed by atoms with Gasteiger partial charge in [0, 0.05) is 24.6 Å². The molecule has 1 fully saturated rings. The number of nitrogens with zero attached hydrogens (tertiary/aromatic N) is 1. The van der Waals surface area contributed by atoms with Gasteiger partial charge in [0.05, 0.1) is 10.5 Å². The highest BCUT2D eigenvalue weighted by molar-refractivity contribution is 7.89. The van der Waals surface area contributed by atoms with Gasteiger partial charge in [0.2, 0.25) is 10.0 Å². The molecule has 1 amide bonds. The van der Waals surface area contributed by atoms with Crippen molar-refractivity contribution in [2.24, 2.45) is 5.14 Å². The minimum Gasteiger partial charge on any atom is -0.486 e. The van der Waals surface area contributed by atoms with Crippen molar-refractivity contribution in [2.45, 2.75) is 69.4 Å². The van der Waals surface area contributed by atoms with E-state index in [2.05, 4.69) is 17.1 Å². The summed E-state index contributed by atoms with van der Waals surface area (Å²) in [4.78, 5) is 15.3. The van der Waals surface area contributed by atoms with Crippen LogP contribution in [0.2, 0.25) is 0 Å². The Kier molecular flexibility index (Phi) is 6.03. The van der Waals surface area contributed by atoms with Gasteiger partial charge in [-0.05, 0) is 58.3 Å². The van der Waals surface area contributed by atoms with Gasteiger partial charge in [-0.1, -0.05) is 13.3 Å². The first-order valence-corrected chi connectivity index (χ1v) is 11.6. The summed E-state index contributed by atoms with van der Waals surface area (Å²) in [6.45, 7) is 8.65. The number of fused-ring (bicyclic) bond motifs is 1. The molecule has 0 aliphatic carbocycles. The number of carbonyl (C=O) groups excluding carboxylic acids is 1. The van der Waals surface area contributed by atoms with Gasteiger partial charge < -0.3 is 10.1 Å². The molecule has 8 heteroatoms. The number of unbranched alkanes of at least 4 members (excludes halogenated alkanes) is 1. The zero-order valence-corrected chi connectivity index (χ0v) is 17.8. The van der Waals surface area contributed by atoms with Gasteiger partial charge in [-0.15, -0.1) is 0 Å². The average molecular weight is 410 g/mol. The number of nitrogens with two attached hydrogens (primary N) is 1. The number of carbonyl (C=O) groups is 1. The van der Waals surface area contributed by atoms with E-state index in [9.17, 15) is 13.2 Å². The van der Waals surface area contributed by atoms with Crippen molar-refractivity contribution < 1.29 is 17.9 Å². The zero-order valence-electron chi connectivity index (χ0n) is 17.0. The Labute approximate surface area is 167 Å². The van der Waals surface area contributed by atoms with Crippen LogP contribution in [0.1, 0.15) is 62.4 Å². The van der Waals surface area contributed by atoms with E-state index in [0.29, 0.717) is 30.3 Å². The van der Waals surface area contributed by atoms with Gasteiger partial charge in [0.1, 0.15) is 11.4 Å². The summed E-state index contributed by atoms with van der Waals surface area (Å²) in [6.07, 6.45) is 5.02. The summed E-state index contributed by atoms with van der Waals surface area (Å²) in [5.74, 6) is 0.144. The number of likely N-dealkylation sites (tertiary alicyclic amines) is 1. The summed E-state index contributed by atoms with van der Waals surface area (Å²) in [6, 6.07) is 3.16. The molecule has 3 N–H and O–H groups in total. The van der Waals surface area contributed by atoms with Crippen LogP contribution in [0, 0.1) is 0 Å². The van der Waals surface area contributed by atoms with Crippen LogP contribution in [0.25, 0.3) is 0 Å². The maximum Gasteiger partial charge on any atom is 0.255 e. The van der Waals surface area contributed by atoms with Gasteiger partial charge in [-0.25, -0.2) is 13.6 Å². The molecule has 2 heterocycles. The van der Waals surface area contributed by atoms with Crippen LogP contribution in [0.3, 0.4) is 0 Å². The number of hydrogen-bond donors (Lipinski definition) is 2. The van der Waals surface area contributed by atoms with E-state index in [0.717, 1.165) is 38.8 Å². The van der Waals surface area contributed by atoms with Crippen LogP contribution in [-0.2, 0) is 16.4 Å². The van der Waals surface area contributed by atoms with Crippen LogP contribution in [-0.4, -0.2) is 50.5 Å². The fourth-order valence-corrected chi connectivity index (χ4v) is 4.69. The first kappa shape index (κ1) is 21.1. The highest BCUT2D eigenvalue weighted by atomic mass is 32.2. The van der Waals surface area contributed by atoms with Gasteiger partial charge in [-0.2, -0.15) is 0 Å². The molecule has 1 aromatic carbocycles. The molecule has 0 spiro atoms. The third-order valence-electron chi connectivity index (χ3n) is 5.50. The quantitative estimate of drug-likeness (QED) is 0.718. The zero-order chi connectivity index (χ0) is 20.5. The van der Waals surface area contributed by atoms with Crippen molar-refractivity contribution in [1.29, 1.82) is 0 Å². The Morgan fingerprint density at radius 2 is 2.14 bits per heavy atom. The molecule has 1 unspecified atom stereocenters. The van der Waals surface area contributed by atoms with Crippen molar-refractivity contribution in [3.63, 3.8) is 0 Å². The predicted molar refractivity (Wildman–Crippen MR) is 108 cm³/mol. The van der Waals surface area contributed by atoms with Crippen LogP contribution < -0.4 is 15.2 Å². The molecule has 1 saturated heterocycles. The van der Waals surface area contributed by atoms with Crippen LogP contribution >= 0.6 is 0 Å². The minimum atomic E-state index is -3.91. The summed E-state index contributed by atoms with van der Waals surface area (Å²) in [5.41, 5.74) is 0.453. The number of benzene rings is 1. The first-order chi connectivity index (χ1) is 13.1. The van der Waals surface area contributed by atoms with Gasteiger partial charge in [0.15, 0.2) is 0 Å². The number of hydrogen-bond acceptors (Lipinski definition) is 5. The Morgan fingerprint density at radius 3 is 2.82 bits per heavy atom. The molecule has 1 aromatic rings. The standard InChI is InChI=1S/C20H31N3O4S/c1-4-5-8-23-9-6-7-15(23)13-22-19(24)17-11-16(28(21,25)26)10-14-12-20(2,3)27-18(14)17/h10-11,15H,4-9,12-13H2,1-3H3,(H,22,24)(H2,21,25,26). The normalized spacial score (nSPS) is 21.4. The lowest BCUT2D eigenvalue weighted by molar-refractivity contribution is 0.0926. The lowest BCUT2D eigenvalue weighted by atomic mass is 10.0. The van der Waals surface area contributed by atoms with Crippen molar-refractivity contribution in [2.75, 3.05) is 19.6 Å². The molecule has 0 saturated carbocycles. The maximum atomic E-state index is 12.9. The van der Waals surface area contributed by atoms with Crippen molar-refractivity contribution in [3.8, 4) is 5.75 Å². The van der Waals surface area contributed by atoms with Crippen LogP contribution in [0.4, 0.5) is 0 Å². The van der Waals surface area contributed by atoms with E-state index >= 15 is 0 Å². The molecule has 3 rings (SSSR count). The summed E-state index contributed by atoms with van der Waals surface area (Å²) < 4.78 is 29.7. The molecule has 2 aliphatic heterocycles. The molecule has 0 bridgehead atoms. The number of sulfonamides is 1. The summed E-state index contributed by atoms with van der Waals surface area (Å²) in [5, 5.41) is 8.31. The smallest absolute Gasteiger partial charge is 0.255 e. The lowest BCUT2D eigenvalue weighted by Gasteiger charge is -2.24. The molecule has 156 valence electrons. The SMILES string of the molecule is CCCCN1CCCC1CNC(=O)c1cc(S(N)(=O)=O)cc2c1OC(C)(C)C2. The maximum absolute atomic E-state index is 12.9. The Bertz CT molecular complexity index is 851. The molecule has 28 heavy (non-hydrogen) atoms. The fraction of sp³-hybridized carbons (Fsp3) is 0.650. The third-order valence-corrected chi connectivity index (χ3v) is 6.40. The lowest BCUT2D eigenvalue weighted by Crippen LogP contribution is -2.40. The van der Waals surface area contributed by atoms with Crippen LogP contribution in [0.5, 0.6) is 5.75 Å². The van der Waals surface area contributed by atoms with Crippen molar-refractivity contribution in [3.05, 3.63) is 23.3 Å². The predicted octanol–water partition coefficient (Wildman–Crippen LogP) is 2.04. The Morgan fingerprint density at radius 1 is 1.39 bits per heavy atom. The highest BCUT2D eigenvalue weighted by Crippen LogP contribution is 2.39. The highest BCUT2D eigenvalue weighted by Gasteiger charge is 2.35. The largest absolute Gasteiger partial charge is 0.486 e. The molecule has 2 aliphatic rings. The van der Waals surface area contributed by atoms with Gasteiger partial charge in [0.25, 0.3) is 5.91 Å². The Hall–Kier alpha value is -1.64. The molecule has 0 aromatic heterocycles. The van der Waals surface area contributed by atoms with E-state index in [1.807, 2.05) is 13.8 Å². The summed E-state index contributed by atoms with van der Waals surface area (Å²) in [7, 11) is -3.91. The monoisotopic (exact) mass is 409 g/mol. The number of amides is 1. The molecule has 7 nitrogen and oxygen atoms in total. The molecule has 1 atom stereocenters. The van der Waals surface area contributed by atoms with E-state index in [1.54, 1.807) is 0 Å². The number of nitrogens with one attached hydrogen (secondary N) is 1.